The van der Waals surface area contributed by atoms with Gasteiger partial charge in [-0.3, -0.25) is 14.5 Å². The van der Waals surface area contributed by atoms with Gasteiger partial charge in [-0.05, 0) is 43.9 Å². The maximum atomic E-state index is 12.6. The summed E-state index contributed by atoms with van der Waals surface area (Å²) < 4.78 is 0. The zero-order valence-corrected chi connectivity index (χ0v) is 10.8. The summed E-state index contributed by atoms with van der Waals surface area (Å²) in [6.45, 7) is 0. The van der Waals surface area contributed by atoms with Gasteiger partial charge < -0.3 is 0 Å². The molecule has 3 heteroatoms. The van der Waals surface area contributed by atoms with E-state index in [2.05, 4.69) is 0 Å². The van der Waals surface area contributed by atoms with Crippen molar-refractivity contribution >= 4 is 11.8 Å². The number of likely N-dealkylation sites (tertiary alicyclic amines) is 1. The first-order valence-corrected chi connectivity index (χ1v) is 7.64. The minimum absolute atomic E-state index is 0.0816. The SMILES string of the molecule is O=C1[C@H]2[C@H]3CC[C@@H](C3)[C@@H]2C(=O)N1C1CCCCC1. The Morgan fingerprint density at radius 2 is 1.33 bits per heavy atom. The molecule has 3 saturated carbocycles. The first-order valence-electron chi connectivity index (χ1n) is 7.64. The predicted molar refractivity (Wildman–Crippen MR) is 66.5 cm³/mol. The number of imide groups is 1. The second kappa shape index (κ2) is 3.82. The Bertz CT molecular complexity index is 371. The van der Waals surface area contributed by atoms with Crippen molar-refractivity contribution in [1.29, 1.82) is 0 Å². The van der Waals surface area contributed by atoms with Crippen molar-refractivity contribution in [2.45, 2.75) is 57.4 Å². The topological polar surface area (TPSA) is 37.4 Å². The van der Waals surface area contributed by atoms with E-state index in [0.717, 1.165) is 19.3 Å². The van der Waals surface area contributed by atoms with Gasteiger partial charge in [-0.2, -0.15) is 0 Å². The van der Waals surface area contributed by atoms with Crippen molar-refractivity contribution in [3.05, 3.63) is 0 Å². The molecular formula is C15H21NO2. The fourth-order valence-electron chi connectivity index (χ4n) is 5.13. The lowest BCUT2D eigenvalue weighted by Gasteiger charge is -2.30. The van der Waals surface area contributed by atoms with Crippen LogP contribution in [-0.4, -0.2) is 22.8 Å². The van der Waals surface area contributed by atoms with Gasteiger partial charge in [0.15, 0.2) is 0 Å². The number of rotatable bonds is 1. The minimum Gasteiger partial charge on any atom is -0.279 e. The molecule has 0 aromatic heterocycles. The maximum absolute atomic E-state index is 12.6. The Labute approximate surface area is 108 Å². The van der Waals surface area contributed by atoms with Crippen molar-refractivity contribution in [2.24, 2.45) is 23.7 Å². The summed E-state index contributed by atoms with van der Waals surface area (Å²) in [4.78, 5) is 26.9. The number of hydrogen-bond acceptors (Lipinski definition) is 2. The lowest BCUT2D eigenvalue weighted by Crippen LogP contribution is -2.42. The average Bonchev–Trinajstić information content (AvgIpc) is 3.05. The van der Waals surface area contributed by atoms with Crippen LogP contribution in [-0.2, 0) is 9.59 Å². The highest BCUT2D eigenvalue weighted by molar-refractivity contribution is 6.06. The molecule has 4 fully saturated rings. The smallest absolute Gasteiger partial charge is 0.233 e. The molecule has 3 nitrogen and oxygen atoms in total. The monoisotopic (exact) mass is 247 g/mol. The van der Waals surface area contributed by atoms with E-state index < -0.39 is 0 Å². The Morgan fingerprint density at radius 3 is 1.89 bits per heavy atom. The van der Waals surface area contributed by atoms with Crippen molar-refractivity contribution in [1.82, 2.24) is 4.90 Å². The molecule has 4 rings (SSSR count). The lowest BCUT2D eigenvalue weighted by atomic mass is 9.81. The molecule has 98 valence electrons. The van der Waals surface area contributed by atoms with E-state index >= 15 is 0 Å². The average molecular weight is 247 g/mol. The Morgan fingerprint density at radius 1 is 0.778 bits per heavy atom. The second-order valence-electron chi connectivity index (χ2n) is 6.72. The number of fused-ring (bicyclic) bond motifs is 5. The highest BCUT2D eigenvalue weighted by Crippen LogP contribution is 2.56. The van der Waals surface area contributed by atoms with Crippen LogP contribution >= 0.6 is 0 Å². The molecule has 18 heavy (non-hydrogen) atoms. The predicted octanol–water partition coefficient (Wildman–Crippen LogP) is 2.35. The van der Waals surface area contributed by atoms with Gasteiger partial charge in [-0.25, -0.2) is 0 Å². The highest BCUT2D eigenvalue weighted by atomic mass is 16.2. The van der Waals surface area contributed by atoms with Crippen LogP contribution in [0.3, 0.4) is 0 Å². The summed E-state index contributed by atoms with van der Waals surface area (Å²) in [5, 5.41) is 0. The molecule has 0 unspecified atom stereocenters. The zero-order valence-electron chi connectivity index (χ0n) is 10.8. The van der Waals surface area contributed by atoms with Crippen LogP contribution in [0, 0.1) is 23.7 Å². The van der Waals surface area contributed by atoms with Crippen LogP contribution < -0.4 is 0 Å². The number of hydrogen-bond donors (Lipinski definition) is 0. The molecule has 2 bridgehead atoms. The van der Waals surface area contributed by atoms with Gasteiger partial charge in [0, 0.05) is 6.04 Å². The quantitative estimate of drug-likeness (QED) is 0.667. The fourth-order valence-corrected chi connectivity index (χ4v) is 5.13. The third-order valence-corrected chi connectivity index (χ3v) is 5.90. The summed E-state index contributed by atoms with van der Waals surface area (Å²) in [6, 6.07) is 0.240. The van der Waals surface area contributed by atoms with Crippen LogP contribution in [0.15, 0.2) is 0 Å². The minimum atomic E-state index is 0.0816. The van der Waals surface area contributed by atoms with Gasteiger partial charge in [0.2, 0.25) is 11.8 Å². The van der Waals surface area contributed by atoms with E-state index in [1.54, 1.807) is 4.90 Å². The van der Waals surface area contributed by atoms with Gasteiger partial charge in [-0.15, -0.1) is 0 Å². The molecule has 0 aromatic carbocycles. The largest absolute Gasteiger partial charge is 0.279 e. The molecule has 1 aliphatic heterocycles. The Balaban J connectivity index is 1.62. The molecule has 1 heterocycles. The first kappa shape index (κ1) is 11.0. The summed E-state index contributed by atoms with van der Waals surface area (Å²) >= 11 is 0. The summed E-state index contributed by atoms with van der Waals surface area (Å²) in [7, 11) is 0. The standard InChI is InChI=1S/C15H21NO2/c17-14-12-9-6-7-10(8-9)13(12)15(18)16(14)11-4-2-1-3-5-11/h9-13H,1-8H2/t9-,10-,12-,13-/m0/s1. The third-order valence-electron chi connectivity index (χ3n) is 5.90. The summed E-state index contributed by atoms with van der Waals surface area (Å²) in [6.07, 6.45) is 9.25. The summed E-state index contributed by atoms with van der Waals surface area (Å²) in [5.41, 5.74) is 0. The molecule has 0 spiro atoms. The Kier molecular flexibility index (Phi) is 2.33. The van der Waals surface area contributed by atoms with Crippen molar-refractivity contribution in [3.63, 3.8) is 0 Å². The molecule has 2 amide bonds. The fraction of sp³-hybridized carbons (Fsp3) is 0.867. The number of carbonyl (C=O) groups is 2. The first-order chi connectivity index (χ1) is 8.77. The Hall–Kier alpha value is -0.860. The zero-order chi connectivity index (χ0) is 12.3. The maximum Gasteiger partial charge on any atom is 0.233 e. The lowest BCUT2D eigenvalue weighted by molar-refractivity contribution is -0.144. The molecule has 0 aromatic rings. The van der Waals surface area contributed by atoms with Crippen LogP contribution in [0.4, 0.5) is 0 Å². The van der Waals surface area contributed by atoms with E-state index in [0.29, 0.717) is 11.8 Å². The van der Waals surface area contributed by atoms with Gasteiger partial charge in [0.05, 0.1) is 11.8 Å². The number of nitrogens with zero attached hydrogens (tertiary/aromatic N) is 1. The highest BCUT2D eigenvalue weighted by Gasteiger charge is 2.61. The van der Waals surface area contributed by atoms with Gasteiger partial charge in [0.1, 0.15) is 0 Å². The number of carbonyl (C=O) groups excluding carboxylic acids is 2. The van der Waals surface area contributed by atoms with Crippen LogP contribution in [0.5, 0.6) is 0 Å². The second-order valence-corrected chi connectivity index (χ2v) is 6.72. The van der Waals surface area contributed by atoms with E-state index in [1.807, 2.05) is 0 Å². The van der Waals surface area contributed by atoms with Crippen molar-refractivity contribution in [3.8, 4) is 0 Å². The van der Waals surface area contributed by atoms with Crippen molar-refractivity contribution in [2.75, 3.05) is 0 Å². The van der Waals surface area contributed by atoms with E-state index in [9.17, 15) is 9.59 Å². The van der Waals surface area contributed by atoms with Crippen molar-refractivity contribution < 1.29 is 9.59 Å². The summed E-state index contributed by atoms with van der Waals surface area (Å²) in [5.74, 6) is 1.62. The molecule has 0 radical (unpaired) electrons. The van der Waals surface area contributed by atoms with Gasteiger partial charge >= 0.3 is 0 Å². The van der Waals surface area contributed by atoms with Crippen LogP contribution in [0.25, 0.3) is 0 Å². The number of amides is 2. The van der Waals surface area contributed by atoms with Gasteiger partial charge in [-0.1, -0.05) is 19.3 Å². The normalized spacial score (nSPS) is 43.9. The van der Waals surface area contributed by atoms with E-state index in [-0.39, 0.29) is 29.7 Å². The van der Waals surface area contributed by atoms with Crippen LogP contribution in [0.2, 0.25) is 0 Å². The van der Waals surface area contributed by atoms with E-state index in [1.165, 1.54) is 32.1 Å². The molecule has 3 aliphatic carbocycles. The molecule has 0 N–H and O–H groups in total. The molecular weight excluding hydrogens is 226 g/mol. The molecule has 4 atom stereocenters. The van der Waals surface area contributed by atoms with Gasteiger partial charge in [0.25, 0.3) is 0 Å². The molecule has 4 aliphatic rings. The van der Waals surface area contributed by atoms with Crippen LogP contribution in [0.1, 0.15) is 51.4 Å². The molecule has 1 saturated heterocycles. The van der Waals surface area contributed by atoms with E-state index in [4.69, 9.17) is 0 Å². The third kappa shape index (κ3) is 1.31.